The molecular formula is C18H16F3N3O. The molecule has 1 aromatic carbocycles. The normalized spacial score (nSPS) is 12.6. The van der Waals surface area contributed by atoms with Crippen LogP contribution in [0.5, 0.6) is 0 Å². The number of hydrogen-bond acceptors (Lipinski definition) is 4. The van der Waals surface area contributed by atoms with Gasteiger partial charge in [0.15, 0.2) is 5.76 Å². The molecule has 2 heterocycles. The van der Waals surface area contributed by atoms with Crippen molar-refractivity contribution < 1.29 is 17.6 Å². The molecule has 25 heavy (non-hydrogen) atoms. The molecule has 0 aliphatic carbocycles. The topological polar surface area (TPSA) is 50.4 Å². The van der Waals surface area contributed by atoms with Crippen LogP contribution < -0.4 is 5.43 Å². The number of nitrogens with one attached hydrogen (secondary N) is 1. The molecule has 0 spiro atoms. The van der Waals surface area contributed by atoms with E-state index in [-0.39, 0.29) is 5.82 Å². The zero-order valence-electron chi connectivity index (χ0n) is 13.7. The van der Waals surface area contributed by atoms with Gasteiger partial charge in [-0.15, -0.1) is 0 Å². The average Bonchev–Trinajstić information content (AvgIpc) is 2.98. The highest BCUT2D eigenvalue weighted by Gasteiger charge is 2.30. The van der Waals surface area contributed by atoms with Crippen LogP contribution in [0.4, 0.5) is 19.0 Å². The van der Waals surface area contributed by atoms with E-state index >= 15 is 0 Å². The van der Waals surface area contributed by atoms with Crippen LogP contribution in [0.1, 0.15) is 30.7 Å². The van der Waals surface area contributed by atoms with Crippen LogP contribution in [-0.4, -0.2) is 10.7 Å². The lowest BCUT2D eigenvalue weighted by Gasteiger charge is -2.07. The number of benzene rings is 1. The molecule has 2 aromatic heterocycles. The van der Waals surface area contributed by atoms with Gasteiger partial charge in [0.25, 0.3) is 0 Å². The number of furan rings is 1. The summed E-state index contributed by atoms with van der Waals surface area (Å²) in [5.74, 6) is 0.879. The minimum absolute atomic E-state index is 0.224. The molecule has 0 saturated carbocycles. The minimum Gasteiger partial charge on any atom is -0.454 e. The monoisotopic (exact) mass is 347 g/mol. The molecule has 7 heteroatoms. The molecule has 0 radical (unpaired) electrons. The van der Waals surface area contributed by atoms with Crippen LogP contribution in [0.15, 0.2) is 52.1 Å². The van der Waals surface area contributed by atoms with E-state index in [1.165, 1.54) is 6.07 Å². The summed E-state index contributed by atoms with van der Waals surface area (Å²) < 4.78 is 43.5. The molecule has 4 nitrogen and oxygen atoms in total. The summed E-state index contributed by atoms with van der Waals surface area (Å²) in [7, 11) is 0. The van der Waals surface area contributed by atoms with Crippen molar-refractivity contribution in [3.05, 3.63) is 59.5 Å². The number of nitrogens with zero attached hydrogens (tertiary/aromatic N) is 2. The maximum atomic E-state index is 12.5. The van der Waals surface area contributed by atoms with Gasteiger partial charge in [0.05, 0.1) is 5.56 Å². The first-order chi connectivity index (χ1) is 11.9. The number of rotatable bonds is 4. The Morgan fingerprint density at radius 3 is 2.60 bits per heavy atom. The number of para-hydroxylation sites is 1. The maximum absolute atomic E-state index is 12.5. The summed E-state index contributed by atoms with van der Waals surface area (Å²) in [6.45, 7) is 3.80. The lowest BCUT2D eigenvalue weighted by atomic mass is 10.1. The fourth-order valence-electron chi connectivity index (χ4n) is 2.56. The number of aromatic nitrogens is 1. The van der Waals surface area contributed by atoms with Crippen molar-refractivity contribution in [1.29, 1.82) is 0 Å². The first kappa shape index (κ1) is 17.0. The van der Waals surface area contributed by atoms with Crippen LogP contribution in [0, 0.1) is 0 Å². The third-order valence-corrected chi connectivity index (χ3v) is 3.81. The Morgan fingerprint density at radius 2 is 1.96 bits per heavy atom. The van der Waals surface area contributed by atoms with Crippen molar-refractivity contribution in [3.8, 4) is 0 Å². The van der Waals surface area contributed by atoms with E-state index in [1.54, 1.807) is 6.92 Å². The maximum Gasteiger partial charge on any atom is 0.417 e. The van der Waals surface area contributed by atoms with Gasteiger partial charge in [0, 0.05) is 17.1 Å². The van der Waals surface area contributed by atoms with E-state index in [0.29, 0.717) is 11.5 Å². The van der Waals surface area contributed by atoms with Crippen LogP contribution in [0.3, 0.4) is 0 Å². The quantitative estimate of drug-likeness (QED) is 0.518. The molecule has 130 valence electrons. The number of fused-ring (bicyclic) bond motifs is 1. The number of halogens is 3. The highest BCUT2D eigenvalue weighted by atomic mass is 19.4. The molecule has 0 saturated heterocycles. The number of aryl methyl sites for hydroxylation is 1. The van der Waals surface area contributed by atoms with E-state index in [4.69, 9.17) is 4.42 Å². The van der Waals surface area contributed by atoms with Crippen LogP contribution in [0.2, 0.25) is 0 Å². The second kappa shape index (κ2) is 6.58. The number of hydrogen-bond donors (Lipinski definition) is 1. The van der Waals surface area contributed by atoms with E-state index in [1.807, 2.05) is 31.2 Å². The van der Waals surface area contributed by atoms with Gasteiger partial charge < -0.3 is 4.42 Å². The highest BCUT2D eigenvalue weighted by molar-refractivity contribution is 6.02. The lowest BCUT2D eigenvalue weighted by molar-refractivity contribution is -0.137. The van der Waals surface area contributed by atoms with Crippen LogP contribution in [-0.2, 0) is 12.6 Å². The molecule has 3 aromatic rings. The van der Waals surface area contributed by atoms with Crippen molar-refractivity contribution >= 4 is 22.5 Å². The Balaban J connectivity index is 1.85. The van der Waals surface area contributed by atoms with E-state index in [0.717, 1.165) is 35.2 Å². The third-order valence-electron chi connectivity index (χ3n) is 3.81. The van der Waals surface area contributed by atoms with E-state index in [2.05, 4.69) is 15.5 Å². The number of alkyl halides is 3. The molecule has 0 atom stereocenters. The number of anilines is 1. The molecule has 3 rings (SSSR count). The fourth-order valence-corrected chi connectivity index (χ4v) is 2.56. The second-order valence-corrected chi connectivity index (χ2v) is 5.50. The summed E-state index contributed by atoms with van der Waals surface area (Å²) in [6.07, 6.45) is -2.86. The van der Waals surface area contributed by atoms with Gasteiger partial charge in [-0.05, 0) is 31.5 Å². The van der Waals surface area contributed by atoms with Gasteiger partial charge in [0.1, 0.15) is 17.1 Å². The van der Waals surface area contributed by atoms with Crippen LogP contribution >= 0.6 is 0 Å². The first-order valence-corrected chi connectivity index (χ1v) is 7.74. The Hall–Kier alpha value is -2.83. The molecule has 0 bridgehead atoms. The van der Waals surface area contributed by atoms with Gasteiger partial charge >= 0.3 is 6.18 Å². The highest BCUT2D eigenvalue weighted by Crippen LogP contribution is 2.29. The third kappa shape index (κ3) is 3.50. The average molecular weight is 347 g/mol. The Labute approximate surface area is 142 Å². The summed E-state index contributed by atoms with van der Waals surface area (Å²) in [5.41, 5.74) is 4.27. The van der Waals surface area contributed by atoms with Crippen molar-refractivity contribution in [2.75, 3.05) is 5.43 Å². The Morgan fingerprint density at radius 1 is 1.20 bits per heavy atom. The summed E-state index contributed by atoms with van der Waals surface area (Å²) in [5, 5.41) is 5.22. The predicted octanol–water partition coefficient (Wildman–Crippen LogP) is 5.25. The fraction of sp³-hybridized carbons (Fsp3) is 0.222. The van der Waals surface area contributed by atoms with Crippen molar-refractivity contribution in [3.63, 3.8) is 0 Å². The first-order valence-electron chi connectivity index (χ1n) is 7.74. The van der Waals surface area contributed by atoms with Crippen molar-refractivity contribution in [2.24, 2.45) is 5.10 Å². The second-order valence-electron chi connectivity index (χ2n) is 5.50. The molecule has 0 fully saturated rings. The molecule has 0 aliphatic heterocycles. The van der Waals surface area contributed by atoms with Crippen molar-refractivity contribution in [1.82, 2.24) is 4.98 Å². The SMILES string of the molecule is CCc1c(/C(C)=N\Nc2ccc(C(F)(F)F)cn2)oc2ccccc12. The summed E-state index contributed by atoms with van der Waals surface area (Å²) in [6, 6.07) is 9.90. The van der Waals surface area contributed by atoms with Gasteiger partial charge in [0.2, 0.25) is 0 Å². The van der Waals surface area contributed by atoms with Gasteiger partial charge in [-0.2, -0.15) is 18.3 Å². The number of pyridine rings is 1. The smallest absolute Gasteiger partial charge is 0.417 e. The van der Waals surface area contributed by atoms with E-state index in [9.17, 15) is 13.2 Å². The van der Waals surface area contributed by atoms with Gasteiger partial charge in [-0.25, -0.2) is 4.98 Å². The zero-order chi connectivity index (χ0) is 18.0. The molecule has 1 N–H and O–H groups in total. The molecule has 0 unspecified atom stereocenters. The number of hydrazone groups is 1. The standard InChI is InChI=1S/C18H16F3N3O/c1-3-13-14-6-4-5-7-15(14)25-17(13)11(2)23-24-16-9-8-12(10-22-16)18(19,20)21/h4-10H,3H2,1-2H3,(H,22,24)/b23-11-. The van der Waals surface area contributed by atoms with Crippen LogP contribution in [0.25, 0.3) is 11.0 Å². The minimum atomic E-state index is -4.41. The summed E-state index contributed by atoms with van der Waals surface area (Å²) >= 11 is 0. The largest absolute Gasteiger partial charge is 0.454 e. The Kier molecular flexibility index (Phi) is 4.48. The summed E-state index contributed by atoms with van der Waals surface area (Å²) in [4.78, 5) is 3.73. The Bertz CT molecular complexity index is 911. The van der Waals surface area contributed by atoms with Crippen molar-refractivity contribution in [2.45, 2.75) is 26.4 Å². The lowest BCUT2D eigenvalue weighted by Crippen LogP contribution is -2.06. The molecular weight excluding hydrogens is 331 g/mol. The van der Waals surface area contributed by atoms with Gasteiger partial charge in [-0.1, -0.05) is 25.1 Å². The molecule has 0 aliphatic rings. The van der Waals surface area contributed by atoms with E-state index < -0.39 is 11.7 Å². The predicted molar refractivity (Wildman–Crippen MR) is 90.7 cm³/mol. The zero-order valence-corrected chi connectivity index (χ0v) is 13.7. The molecule has 0 amide bonds. The van der Waals surface area contributed by atoms with Gasteiger partial charge in [-0.3, -0.25) is 5.43 Å².